The normalized spacial score (nSPS) is 9.94. The highest BCUT2D eigenvalue weighted by Crippen LogP contribution is 2.17. The number of amides is 1. The van der Waals surface area contributed by atoms with E-state index in [9.17, 15) is 9.59 Å². The molecule has 0 aliphatic heterocycles. The Morgan fingerprint density at radius 3 is 2.48 bits per heavy atom. The Morgan fingerprint density at radius 1 is 0.968 bits per heavy atom. The van der Waals surface area contributed by atoms with E-state index < -0.39 is 5.97 Å². The minimum Gasteiger partial charge on any atom is -0.497 e. The Balaban J connectivity index is 1.49. The van der Waals surface area contributed by atoms with Crippen LogP contribution in [0.2, 0.25) is 0 Å². The zero-order valence-electron chi connectivity index (χ0n) is 16.8. The summed E-state index contributed by atoms with van der Waals surface area (Å²) in [6.45, 7) is -0.183. The van der Waals surface area contributed by atoms with Crippen LogP contribution in [0.3, 0.4) is 0 Å². The number of carbonyl (C=O) groups is 2. The van der Waals surface area contributed by atoms with E-state index in [0.29, 0.717) is 33.9 Å². The van der Waals surface area contributed by atoms with Crippen LogP contribution >= 0.6 is 0 Å². The summed E-state index contributed by atoms with van der Waals surface area (Å²) in [7, 11) is 1.55. The Labute approximate surface area is 179 Å². The summed E-state index contributed by atoms with van der Waals surface area (Å²) in [5.74, 6) is 0.229. The van der Waals surface area contributed by atoms with E-state index in [-0.39, 0.29) is 19.1 Å². The van der Waals surface area contributed by atoms with Crippen LogP contribution in [0.4, 0.5) is 5.69 Å². The van der Waals surface area contributed by atoms with Crippen LogP contribution in [-0.4, -0.2) is 25.6 Å². The predicted molar refractivity (Wildman–Crippen MR) is 114 cm³/mol. The molecule has 0 spiro atoms. The molecule has 1 amide bonds. The average molecular weight is 416 g/mol. The summed E-state index contributed by atoms with van der Waals surface area (Å²) in [6.07, 6.45) is 0. The molecule has 0 radical (unpaired) electrons. The zero-order chi connectivity index (χ0) is 22.1. The number of esters is 1. The van der Waals surface area contributed by atoms with Crippen molar-refractivity contribution >= 4 is 17.6 Å². The van der Waals surface area contributed by atoms with Crippen molar-refractivity contribution in [2.45, 2.75) is 6.61 Å². The maximum absolute atomic E-state index is 12.2. The van der Waals surface area contributed by atoms with Gasteiger partial charge >= 0.3 is 5.97 Å². The van der Waals surface area contributed by atoms with Crippen molar-refractivity contribution in [3.63, 3.8) is 0 Å². The topological polar surface area (TPSA) is 97.7 Å². The maximum atomic E-state index is 12.2. The number of nitriles is 1. The van der Waals surface area contributed by atoms with Crippen LogP contribution in [0.5, 0.6) is 11.5 Å². The molecule has 0 aromatic heterocycles. The number of methoxy groups -OCH3 is 1. The first kappa shape index (κ1) is 21.4. The van der Waals surface area contributed by atoms with E-state index in [1.807, 2.05) is 0 Å². The quantitative estimate of drug-likeness (QED) is 0.559. The third-order valence-corrected chi connectivity index (χ3v) is 4.31. The summed E-state index contributed by atoms with van der Waals surface area (Å²) in [5.41, 5.74) is 2.04. The van der Waals surface area contributed by atoms with Crippen molar-refractivity contribution in [3.05, 3.63) is 89.5 Å². The van der Waals surface area contributed by atoms with Crippen molar-refractivity contribution in [1.82, 2.24) is 0 Å². The van der Waals surface area contributed by atoms with Gasteiger partial charge in [-0.3, -0.25) is 4.79 Å². The van der Waals surface area contributed by atoms with E-state index in [1.165, 1.54) is 0 Å². The lowest BCUT2D eigenvalue weighted by Gasteiger charge is -2.09. The van der Waals surface area contributed by atoms with Crippen LogP contribution in [0.15, 0.2) is 72.8 Å². The fourth-order valence-electron chi connectivity index (χ4n) is 2.72. The highest BCUT2D eigenvalue weighted by atomic mass is 16.5. The molecule has 3 rings (SSSR count). The van der Waals surface area contributed by atoms with Crippen LogP contribution in [-0.2, 0) is 16.1 Å². The molecule has 31 heavy (non-hydrogen) atoms. The number of hydrogen-bond acceptors (Lipinski definition) is 6. The van der Waals surface area contributed by atoms with E-state index in [4.69, 9.17) is 19.5 Å². The van der Waals surface area contributed by atoms with Crippen molar-refractivity contribution in [2.75, 3.05) is 19.0 Å². The molecule has 0 saturated carbocycles. The van der Waals surface area contributed by atoms with Crippen molar-refractivity contribution in [1.29, 1.82) is 5.26 Å². The van der Waals surface area contributed by atoms with E-state index in [2.05, 4.69) is 11.4 Å². The number of nitrogens with one attached hydrogen (secondary N) is 1. The molecule has 1 N–H and O–H groups in total. The molecule has 3 aromatic carbocycles. The predicted octanol–water partition coefficient (Wildman–Crippen LogP) is 3.94. The summed E-state index contributed by atoms with van der Waals surface area (Å²) >= 11 is 0. The van der Waals surface area contributed by atoms with Crippen LogP contribution < -0.4 is 14.8 Å². The molecular weight excluding hydrogens is 396 g/mol. The van der Waals surface area contributed by atoms with Gasteiger partial charge < -0.3 is 19.5 Å². The Morgan fingerprint density at radius 2 is 1.74 bits per heavy atom. The summed E-state index contributed by atoms with van der Waals surface area (Å²) in [4.78, 5) is 24.3. The van der Waals surface area contributed by atoms with Gasteiger partial charge in [-0.25, -0.2) is 4.79 Å². The lowest BCUT2D eigenvalue weighted by atomic mass is 10.1. The van der Waals surface area contributed by atoms with Gasteiger partial charge in [0.15, 0.2) is 6.61 Å². The average Bonchev–Trinajstić information content (AvgIpc) is 2.81. The van der Waals surface area contributed by atoms with Gasteiger partial charge in [0.25, 0.3) is 5.91 Å². The standard InChI is InChI=1S/C24H20N2O5/c1-29-22-8-4-7-20(13-22)26-23(27)16-30-21-11-9-17(10-12-21)24(28)31-15-19-6-3-2-5-18(19)14-25/h2-13H,15-16H2,1H3,(H,26,27). The number of hydrogen-bond donors (Lipinski definition) is 1. The number of benzene rings is 3. The minimum absolute atomic E-state index is 0.00522. The number of rotatable bonds is 8. The molecule has 0 aliphatic rings. The molecule has 0 atom stereocenters. The number of nitrogens with zero attached hydrogens (tertiary/aromatic N) is 1. The molecule has 0 unspecified atom stereocenters. The molecule has 0 heterocycles. The maximum Gasteiger partial charge on any atom is 0.338 e. The first-order valence-corrected chi connectivity index (χ1v) is 9.41. The summed E-state index contributed by atoms with van der Waals surface area (Å²) in [6, 6.07) is 22.3. The second-order valence-electron chi connectivity index (χ2n) is 6.44. The Hall–Kier alpha value is -4.31. The van der Waals surface area contributed by atoms with Gasteiger partial charge in [-0.2, -0.15) is 5.26 Å². The van der Waals surface area contributed by atoms with Crippen LogP contribution in [0.25, 0.3) is 0 Å². The molecule has 3 aromatic rings. The SMILES string of the molecule is COc1cccc(NC(=O)COc2ccc(C(=O)OCc3ccccc3C#N)cc2)c1. The van der Waals surface area contributed by atoms with Gasteiger partial charge in [-0.15, -0.1) is 0 Å². The van der Waals surface area contributed by atoms with E-state index in [1.54, 1.807) is 79.9 Å². The van der Waals surface area contributed by atoms with Gasteiger partial charge in [-0.05, 0) is 42.5 Å². The largest absolute Gasteiger partial charge is 0.497 e. The monoisotopic (exact) mass is 416 g/mol. The third-order valence-electron chi connectivity index (χ3n) is 4.31. The number of anilines is 1. The van der Waals surface area contributed by atoms with Gasteiger partial charge in [0.05, 0.1) is 24.3 Å². The highest BCUT2D eigenvalue weighted by Gasteiger charge is 2.10. The first-order valence-electron chi connectivity index (χ1n) is 9.41. The smallest absolute Gasteiger partial charge is 0.338 e. The molecule has 7 nitrogen and oxygen atoms in total. The van der Waals surface area contributed by atoms with Crippen molar-refractivity contribution in [3.8, 4) is 17.6 Å². The molecule has 0 fully saturated rings. The van der Waals surface area contributed by atoms with Crippen molar-refractivity contribution < 1.29 is 23.8 Å². The second-order valence-corrected chi connectivity index (χ2v) is 6.44. The lowest BCUT2D eigenvalue weighted by molar-refractivity contribution is -0.118. The molecule has 0 aliphatic carbocycles. The second kappa shape index (κ2) is 10.5. The summed E-state index contributed by atoms with van der Waals surface area (Å²) < 4.78 is 15.8. The molecule has 0 bridgehead atoms. The van der Waals surface area contributed by atoms with E-state index in [0.717, 1.165) is 0 Å². The van der Waals surface area contributed by atoms with Crippen molar-refractivity contribution in [2.24, 2.45) is 0 Å². The number of carbonyl (C=O) groups excluding carboxylic acids is 2. The fourth-order valence-corrected chi connectivity index (χ4v) is 2.72. The highest BCUT2D eigenvalue weighted by molar-refractivity contribution is 5.92. The van der Waals surface area contributed by atoms with Gasteiger partial charge in [-0.1, -0.05) is 24.3 Å². The van der Waals surface area contributed by atoms with Crippen LogP contribution in [0, 0.1) is 11.3 Å². The zero-order valence-corrected chi connectivity index (χ0v) is 16.8. The molecule has 0 saturated heterocycles. The van der Waals surface area contributed by atoms with Gasteiger partial charge in [0.1, 0.15) is 18.1 Å². The van der Waals surface area contributed by atoms with Gasteiger partial charge in [0.2, 0.25) is 0 Å². The summed E-state index contributed by atoms with van der Waals surface area (Å²) in [5, 5.41) is 11.8. The lowest BCUT2D eigenvalue weighted by Crippen LogP contribution is -2.20. The third kappa shape index (κ3) is 6.08. The van der Waals surface area contributed by atoms with Gasteiger partial charge in [0, 0.05) is 17.3 Å². The number of ether oxygens (including phenoxy) is 3. The minimum atomic E-state index is -0.518. The molecular formula is C24H20N2O5. The molecule has 156 valence electrons. The fraction of sp³-hybridized carbons (Fsp3) is 0.125. The Kier molecular flexibility index (Phi) is 7.22. The van der Waals surface area contributed by atoms with E-state index >= 15 is 0 Å². The Bertz CT molecular complexity index is 1100. The molecule has 7 heteroatoms. The first-order chi connectivity index (χ1) is 15.1. The van der Waals surface area contributed by atoms with Crippen LogP contribution in [0.1, 0.15) is 21.5 Å².